The van der Waals surface area contributed by atoms with E-state index in [1.165, 1.54) is 24.3 Å². The second-order valence-corrected chi connectivity index (χ2v) is 7.21. The number of hydrogen-bond donors (Lipinski definition) is 1. The van der Waals surface area contributed by atoms with Crippen LogP contribution < -0.4 is 9.88 Å². The lowest BCUT2D eigenvalue weighted by atomic mass is 10.3. The molecule has 0 fully saturated rings. The van der Waals surface area contributed by atoms with Crippen LogP contribution >= 0.6 is 0 Å². The van der Waals surface area contributed by atoms with Gasteiger partial charge < -0.3 is 4.74 Å². The van der Waals surface area contributed by atoms with Gasteiger partial charge >= 0.3 is 0 Å². The molecular weight excluding hydrogens is 266 g/mol. The Morgan fingerprint density at radius 2 is 1.88 bits per heavy atom. The van der Waals surface area contributed by atoms with Crippen LogP contribution in [0.15, 0.2) is 29.2 Å². The SMILES string of the molecule is CS(=O)(=O)c1cccc(OCCS(N)(=O)=O)c1. The minimum Gasteiger partial charge on any atom is -0.492 e. The molecule has 0 aliphatic heterocycles. The summed E-state index contributed by atoms with van der Waals surface area (Å²) in [7, 11) is -6.88. The maximum Gasteiger partial charge on any atom is 0.212 e. The molecular formula is C9H13NO5S2. The van der Waals surface area contributed by atoms with E-state index in [1.54, 1.807) is 0 Å². The standard InChI is InChI=1S/C9H13NO5S2/c1-16(11,12)9-4-2-3-8(7-9)15-5-6-17(10,13)14/h2-4,7H,5-6H2,1H3,(H2,10,13,14). The lowest BCUT2D eigenvalue weighted by Crippen LogP contribution is -2.21. The summed E-state index contributed by atoms with van der Waals surface area (Å²) >= 11 is 0. The Morgan fingerprint density at radius 1 is 1.24 bits per heavy atom. The number of sulfone groups is 1. The highest BCUT2D eigenvalue weighted by molar-refractivity contribution is 7.90. The molecule has 0 unspecified atom stereocenters. The highest BCUT2D eigenvalue weighted by Crippen LogP contribution is 2.17. The van der Waals surface area contributed by atoms with Crippen molar-refractivity contribution in [3.63, 3.8) is 0 Å². The maximum absolute atomic E-state index is 11.2. The molecule has 0 aromatic heterocycles. The third kappa shape index (κ3) is 5.16. The van der Waals surface area contributed by atoms with Crippen LogP contribution in [0.5, 0.6) is 5.75 Å². The fourth-order valence-corrected chi connectivity index (χ4v) is 2.04. The summed E-state index contributed by atoms with van der Waals surface area (Å²) in [4.78, 5) is 0.116. The van der Waals surface area contributed by atoms with Crippen LogP contribution in [-0.2, 0) is 19.9 Å². The number of primary sulfonamides is 1. The van der Waals surface area contributed by atoms with Crippen molar-refractivity contribution in [1.29, 1.82) is 0 Å². The molecule has 0 aliphatic carbocycles. The van der Waals surface area contributed by atoms with Gasteiger partial charge in [0, 0.05) is 6.26 Å². The first kappa shape index (κ1) is 13.9. The average Bonchev–Trinajstić information content (AvgIpc) is 2.15. The summed E-state index contributed by atoms with van der Waals surface area (Å²) in [5.74, 6) is -0.0348. The van der Waals surface area contributed by atoms with Crippen molar-refractivity contribution in [2.75, 3.05) is 18.6 Å². The summed E-state index contributed by atoms with van der Waals surface area (Å²) in [5, 5.41) is 4.80. The summed E-state index contributed by atoms with van der Waals surface area (Å²) < 4.78 is 48.9. The quantitative estimate of drug-likeness (QED) is 0.801. The molecule has 1 aromatic rings. The van der Waals surface area contributed by atoms with Crippen molar-refractivity contribution in [2.24, 2.45) is 5.14 Å². The Balaban J connectivity index is 2.74. The van der Waals surface area contributed by atoms with E-state index >= 15 is 0 Å². The summed E-state index contributed by atoms with van der Waals surface area (Å²) in [6.45, 7) is -0.119. The van der Waals surface area contributed by atoms with Gasteiger partial charge in [0.2, 0.25) is 10.0 Å². The third-order valence-corrected chi connectivity index (χ3v) is 3.72. The molecule has 1 aromatic carbocycles. The molecule has 0 radical (unpaired) electrons. The van der Waals surface area contributed by atoms with Crippen LogP contribution in [0.2, 0.25) is 0 Å². The van der Waals surface area contributed by atoms with Gasteiger partial charge in [-0.1, -0.05) is 6.07 Å². The van der Waals surface area contributed by atoms with Gasteiger partial charge in [-0.05, 0) is 18.2 Å². The summed E-state index contributed by atoms with van der Waals surface area (Å²) in [6, 6.07) is 5.82. The van der Waals surface area contributed by atoms with Gasteiger partial charge in [-0.3, -0.25) is 0 Å². The van der Waals surface area contributed by atoms with E-state index in [-0.39, 0.29) is 23.0 Å². The van der Waals surface area contributed by atoms with Crippen molar-refractivity contribution in [1.82, 2.24) is 0 Å². The topological polar surface area (TPSA) is 104 Å². The number of sulfonamides is 1. The van der Waals surface area contributed by atoms with Gasteiger partial charge in [-0.15, -0.1) is 0 Å². The van der Waals surface area contributed by atoms with E-state index in [1.807, 2.05) is 0 Å². The van der Waals surface area contributed by atoms with E-state index in [4.69, 9.17) is 9.88 Å². The molecule has 17 heavy (non-hydrogen) atoms. The predicted octanol–water partition coefficient (Wildman–Crippen LogP) is -0.243. The molecule has 0 atom stereocenters. The van der Waals surface area contributed by atoms with Gasteiger partial charge in [-0.2, -0.15) is 0 Å². The first-order chi connectivity index (χ1) is 7.68. The Labute approximate surface area is 100 Å². The second kappa shape index (κ2) is 5.03. The van der Waals surface area contributed by atoms with Crippen molar-refractivity contribution in [3.8, 4) is 5.75 Å². The van der Waals surface area contributed by atoms with Crippen LogP contribution in [0.1, 0.15) is 0 Å². The highest BCUT2D eigenvalue weighted by Gasteiger charge is 2.08. The molecule has 96 valence electrons. The van der Waals surface area contributed by atoms with Crippen LogP contribution in [0.3, 0.4) is 0 Å². The van der Waals surface area contributed by atoms with Gasteiger partial charge in [-0.25, -0.2) is 22.0 Å². The normalized spacial score (nSPS) is 12.4. The number of nitrogens with two attached hydrogens (primary N) is 1. The average molecular weight is 279 g/mol. The molecule has 0 aliphatic rings. The van der Waals surface area contributed by atoms with E-state index in [2.05, 4.69) is 0 Å². The molecule has 8 heteroatoms. The number of rotatable bonds is 5. The van der Waals surface area contributed by atoms with Crippen LogP contribution in [-0.4, -0.2) is 35.5 Å². The Kier molecular flexibility index (Phi) is 4.12. The van der Waals surface area contributed by atoms with Gasteiger partial charge in [0.1, 0.15) is 12.4 Å². The fraction of sp³-hybridized carbons (Fsp3) is 0.333. The monoisotopic (exact) mass is 279 g/mol. The lowest BCUT2D eigenvalue weighted by Gasteiger charge is -2.06. The van der Waals surface area contributed by atoms with Crippen molar-refractivity contribution < 1.29 is 21.6 Å². The molecule has 0 heterocycles. The van der Waals surface area contributed by atoms with Gasteiger partial charge in [0.05, 0.1) is 10.6 Å². The zero-order valence-electron chi connectivity index (χ0n) is 9.16. The first-order valence-corrected chi connectivity index (χ1v) is 8.22. The molecule has 0 bridgehead atoms. The molecule has 1 rings (SSSR count). The van der Waals surface area contributed by atoms with Crippen molar-refractivity contribution in [2.45, 2.75) is 4.90 Å². The first-order valence-electron chi connectivity index (χ1n) is 4.62. The van der Waals surface area contributed by atoms with E-state index in [9.17, 15) is 16.8 Å². The number of ether oxygens (including phenoxy) is 1. The molecule has 0 saturated heterocycles. The minimum absolute atomic E-state index is 0.116. The Bertz CT molecular complexity index is 592. The van der Waals surface area contributed by atoms with E-state index in [0.717, 1.165) is 6.26 Å². The maximum atomic E-state index is 11.2. The fourth-order valence-electron chi connectivity index (χ4n) is 1.07. The van der Waals surface area contributed by atoms with Crippen LogP contribution in [0.4, 0.5) is 0 Å². The zero-order valence-corrected chi connectivity index (χ0v) is 10.8. The number of benzene rings is 1. The minimum atomic E-state index is -3.58. The van der Waals surface area contributed by atoms with Gasteiger partial charge in [0.25, 0.3) is 0 Å². The van der Waals surface area contributed by atoms with Crippen LogP contribution in [0.25, 0.3) is 0 Å². The second-order valence-electron chi connectivity index (χ2n) is 3.46. The predicted molar refractivity (Wildman–Crippen MR) is 63.0 cm³/mol. The van der Waals surface area contributed by atoms with E-state index in [0.29, 0.717) is 0 Å². The molecule has 0 spiro atoms. The number of hydrogen-bond acceptors (Lipinski definition) is 5. The highest BCUT2D eigenvalue weighted by atomic mass is 32.2. The van der Waals surface area contributed by atoms with Crippen molar-refractivity contribution >= 4 is 19.9 Å². The summed E-state index contributed by atoms with van der Waals surface area (Å²) in [6.07, 6.45) is 1.08. The van der Waals surface area contributed by atoms with Gasteiger partial charge in [0.15, 0.2) is 9.84 Å². The molecule has 0 amide bonds. The summed E-state index contributed by atoms with van der Waals surface area (Å²) in [5.41, 5.74) is 0. The third-order valence-electron chi connectivity index (χ3n) is 1.87. The van der Waals surface area contributed by atoms with Crippen molar-refractivity contribution in [3.05, 3.63) is 24.3 Å². The molecule has 6 nitrogen and oxygen atoms in total. The van der Waals surface area contributed by atoms with Crippen LogP contribution in [0, 0.1) is 0 Å². The largest absolute Gasteiger partial charge is 0.492 e. The molecule has 2 N–H and O–H groups in total. The zero-order chi connectivity index (χ0) is 13.1. The lowest BCUT2D eigenvalue weighted by molar-refractivity contribution is 0.340. The Morgan fingerprint density at radius 3 is 2.41 bits per heavy atom. The Hall–Kier alpha value is -1.12. The smallest absolute Gasteiger partial charge is 0.212 e. The molecule has 0 saturated carbocycles. The van der Waals surface area contributed by atoms with E-state index < -0.39 is 19.9 Å².